The van der Waals surface area contributed by atoms with Gasteiger partial charge >= 0.3 is 0 Å². The van der Waals surface area contributed by atoms with Crippen molar-refractivity contribution in [2.75, 3.05) is 13.1 Å². The third kappa shape index (κ3) is 3.56. The van der Waals surface area contributed by atoms with Crippen LogP contribution in [0.4, 0.5) is 0 Å². The number of carbonyl (C=O) groups is 1. The molecule has 0 saturated carbocycles. The van der Waals surface area contributed by atoms with Crippen molar-refractivity contribution in [2.45, 2.75) is 39.7 Å². The lowest BCUT2D eigenvalue weighted by atomic mass is 9.99. The number of nitrogens with zero attached hydrogens (tertiary/aromatic N) is 5. The van der Waals surface area contributed by atoms with Crippen LogP contribution < -0.4 is 5.56 Å². The molecule has 4 rings (SSSR count). The Morgan fingerprint density at radius 2 is 1.89 bits per heavy atom. The largest absolute Gasteiger partial charge is 0.341 e. The van der Waals surface area contributed by atoms with Gasteiger partial charge in [-0.3, -0.25) is 9.59 Å². The Morgan fingerprint density at radius 3 is 2.57 bits per heavy atom. The third-order valence-corrected chi connectivity index (χ3v) is 5.57. The van der Waals surface area contributed by atoms with Crippen LogP contribution in [0.3, 0.4) is 0 Å². The van der Waals surface area contributed by atoms with E-state index in [1.165, 1.54) is 21.1 Å². The van der Waals surface area contributed by atoms with Crippen molar-refractivity contribution in [3.8, 4) is 11.3 Å². The van der Waals surface area contributed by atoms with E-state index in [0.29, 0.717) is 11.4 Å². The number of piperidine rings is 1. The zero-order valence-corrected chi connectivity index (χ0v) is 16.3. The molecule has 1 fully saturated rings. The quantitative estimate of drug-likeness (QED) is 0.698. The summed E-state index contributed by atoms with van der Waals surface area (Å²) >= 11 is 0. The summed E-state index contributed by atoms with van der Waals surface area (Å²) in [6.45, 7) is 5.78. The number of aromatic nitrogens is 4. The fraction of sp³-hybridized carbons (Fsp3) is 0.429. The van der Waals surface area contributed by atoms with Crippen LogP contribution in [0.25, 0.3) is 16.8 Å². The Morgan fingerprint density at radius 1 is 1.18 bits per heavy atom. The van der Waals surface area contributed by atoms with Crippen molar-refractivity contribution < 1.29 is 4.79 Å². The average Bonchev–Trinajstić information content (AvgIpc) is 3.16. The molecular formula is C21H25N5O2. The number of benzene rings is 1. The molecule has 3 heterocycles. The van der Waals surface area contributed by atoms with E-state index in [9.17, 15) is 9.59 Å². The van der Waals surface area contributed by atoms with E-state index in [0.717, 1.165) is 43.6 Å². The van der Waals surface area contributed by atoms with Gasteiger partial charge in [0.1, 0.15) is 18.4 Å². The summed E-state index contributed by atoms with van der Waals surface area (Å²) in [5.74, 6) is 0.596. The molecule has 7 nitrogen and oxygen atoms in total. The Balaban J connectivity index is 1.58. The molecular weight excluding hydrogens is 354 g/mol. The third-order valence-electron chi connectivity index (χ3n) is 5.57. The minimum Gasteiger partial charge on any atom is -0.341 e. The van der Waals surface area contributed by atoms with Gasteiger partial charge in [-0.25, -0.2) is 9.20 Å². The summed E-state index contributed by atoms with van der Waals surface area (Å²) in [5, 5.41) is 8.61. The average molecular weight is 379 g/mol. The van der Waals surface area contributed by atoms with Crippen LogP contribution in [0.5, 0.6) is 0 Å². The van der Waals surface area contributed by atoms with Gasteiger partial charge < -0.3 is 4.90 Å². The lowest BCUT2D eigenvalue weighted by Gasteiger charge is -2.30. The molecule has 0 N–H and O–H groups in total. The standard InChI is InChI=1S/C21H25N5O2/c1-3-16-4-6-17(7-5-16)18-12-19-21(28)25(22-14-26(19)23-18)13-20(27)24-10-8-15(2)9-11-24/h4-7,12,14-15H,3,8-11,13H2,1-2H3. The second-order valence-electron chi connectivity index (χ2n) is 7.57. The van der Waals surface area contributed by atoms with Crippen LogP contribution in [0.15, 0.2) is 41.5 Å². The molecule has 0 spiro atoms. The maximum absolute atomic E-state index is 12.8. The minimum absolute atomic E-state index is 0.0323. The lowest BCUT2D eigenvalue weighted by molar-refractivity contribution is -0.133. The molecule has 2 aromatic heterocycles. The van der Waals surface area contributed by atoms with Crippen molar-refractivity contribution in [2.24, 2.45) is 5.92 Å². The van der Waals surface area contributed by atoms with Crippen LogP contribution in [0.1, 0.15) is 32.3 Å². The first-order valence-corrected chi connectivity index (χ1v) is 9.87. The molecule has 0 unspecified atom stereocenters. The van der Waals surface area contributed by atoms with Crippen LogP contribution in [-0.4, -0.2) is 43.3 Å². The summed E-state index contributed by atoms with van der Waals surface area (Å²) in [4.78, 5) is 27.2. The normalized spacial score (nSPS) is 15.3. The van der Waals surface area contributed by atoms with Crippen LogP contribution in [0.2, 0.25) is 0 Å². The minimum atomic E-state index is -0.301. The number of hydrogen-bond acceptors (Lipinski definition) is 4. The first-order chi connectivity index (χ1) is 13.5. The first kappa shape index (κ1) is 18.4. The summed E-state index contributed by atoms with van der Waals surface area (Å²) in [6, 6.07) is 9.90. The monoisotopic (exact) mass is 379 g/mol. The van der Waals surface area contributed by atoms with Gasteiger partial charge in [-0.2, -0.15) is 10.2 Å². The first-order valence-electron chi connectivity index (χ1n) is 9.87. The molecule has 0 aliphatic carbocycles. The van der Waals surface area contributed by atoms with Crippen molar-refractivity contribution >= 4 is 11.4 Å². The van der Waals surface area contributed by atoms with Gasteiger partial charge in [0, 0.05) is 18.7 Å². The second kappa shape index (κ2) is 7.58. The van der Waals surface area contributed by atoms with Gasteiger partial charge in [-0.05, 0) is 36.8 Å². The Hall–Kier alpha value is -2.96. The molecule has 0 radical (unpaired) electrons. The summed E-state index contributed by atoms with van der Waals surface area (Å²) in [5.41, 5.74) is 3.04. The van der Waals surface area contributed by atoms with Crippen molar-refractivity contribution in [3.05, 3.63) is 52.6 Å². The van der Waals surface area contributed by atoms with E-state index in [1.54, 1.807) is 6.07 Å². The predicted octanol–water partition coefficient (Wildman–Crippen LogP) is 2.38. The van der Waals surface area contributed by atoms with E-state index in [-0.39, 0.29) is 18.0 Å². The molecule has 3 aromatic rings. The highest BCUT2D eigenvalue weighted by Crippen LogP contribution is 2.19. The smallest absolute Gasteiger partial charge is 0.293 e. The molecule has 7 heteroatoms. The van der Waals surface area contributed by atoms with Gasteiger partial charge in [0.2, 0.25) is 5.91 Å². The Kier molecular flexibility index (Phi) is 4.98. The second-order valence-corrected chi connectivity index (χ2v) is 7.57. The van der Waals surface area contributed by atoms with E-state index >= 15 is 0 Å². The number of hydrogen-bond donors (Lipinski definition) is 0. The molecule has 0 atom stereocenters. The highest BCUT2D eigenvalue weighted by Gasteiger charge is 2.21. The van der Waals surface area contributed by atoms with Gasteiger partial charge in [0.25, 0.3) is 5.56 Å². The number of likely N-dealkylation sites (tertiary alicyclic amines) is 1. The van der Waals surface area contributed by atoms with E-state index in [4.69, 9.17) is 0 Å². The maximum atomic E-state index is 12.8. The fourth-order valence-corrected chi connectivity index (χ4v) is 3.59. The number of rotatable bonds is 4. The van der Waals surface area contributed by atoms with E-state index in [1.807, 2.05) is 17.0 Å². The summed E-state index contributed by atoms with van der Waals surface area (Å²) in [6.07, 6.45) is 4.49. The van der Waals surface area contributed by atoms with Crippen molar-refractivity contribution in [3.63, 3.8) is 0 Å². The van der Waals surface area contributed by atoms with Crippen LogP contribution >= 0.6 is 0 Å². The van der Waals surface area contributed by atoms with Crippen LogP contribution in [0, 0.1) is 5.92 Å². The Bertz CT molecular complexity index is 1040. The summed E-state index contributed by atoms with van der Waals surface area (Å²) in [7, 11) is 0. The lowest BCUT2D eigenvalue weighted by Crippen LogP contribution is -2.41. The molecule has 1 saturated heterocycles. The van der Waals surface area contributed by atoms with E-state index in [2.05, 4.69) is 36.2 Å². The molecule has 28 heavy (non-hydrogen) atoms. The Labute approximate surface area is 163 Å². The van der Waals surface area contributed by atoms with Crippen LogP contribution in [-0.2, 0) is 17.8 Å². The van der Waals surface area contributed by atoms with Gasteiger partial charge in [0.05, 0.1) is 5.69 Å². The van der Waals surface area contributed by atoms with Crippen molar-refractivity contribution in [1.82, 2.24) is 24.3 Å². The van der Waals surface area contributed by atoms with Crippen molar-refractivity contribution in [1.29, 1.82) is 0 Å². The van der Waals surface area contributed by atoms with Gasteiger partial charge in [0.15, 0.2) is 0 Å². The van der Waals surface area contributed by atoms with Gasteiger partial charge in [-0.15, -0.1) is 0 Å². The number of amides is 1. The molecule has 146 valence electrons. The number of aryl methyl sites for hydroxylation is 1. The van der Waals surface area contributed by atoms with Gasteiger partial charge in [-0.1, -0.05) is 38.1 Å². The highest BCUT2D eigenvalue weighted by atomic mass is 16.2. The molecule has 1 aliphatic rings. The zero-order chi connectivity index (χ0) is 19.7. The molecule has 1 aromatic carbocycles. The molecule has 0 bridgehead atoms. The SMILES string of the molecule is CCc1ccc(-c2cc3c(=O)n(CC(=O)N4CCC(C)CC4)ncn3n2)cc1. The molecule has 1 amide bonds. The summed E-state index contributed by atoms with van der Waals surface area (Å²) < 4.78 is 2.72. The maximum Gasteiger partial charge on any atom is 0.293 e. The fourth-order valence-electron chi connectivity index (χ4n) is 3.59. The highest BCUT2D eigenvalue weighted by molar-refractivity contribution is 5.76. The number of carbonyl (C=O) groups excluding carboxylic acids is 1. The topological polar surface area (TPSA) is 72.5 Å². The zero-order valence-electron chi connectivity index (χ0n) is 16.3. The number of fused-ring (bicyclic) bond motifs is 1. The predicted molar refractivity (Wildman–Crippen MR) is 107 cm³/mol. The molecule has 1 aliphatic heterocycles. The van der Waals surface area contributed by atoms with E-state index < -0.39 is 0 Å².